The number of halogens is 1. The third-order valence-corrected chi connectivity index (χ3v) is 2.96. The third-order valence-electron chi connectivity index (χ3n) is 2.66. The number of rotatable bonds is 3. The van der Waals surface area contributed by atoms with Crippen molar-refractivity contribution < 1.29 is 9.15 Å². The summed E-state index contributed by atoms with van der Waals surface area (Å²) < 4.78 is 10.2. The van der Waals surface area contributed by atoms with Crippen molar-refractivity contribution in [3.63, 3.8) is 0 Å². The van der Waals surface area contributed by atoms with Crippen LogP contribution in [0.25, 0.3) is 22.9 Å². The second-order valence-corrected chi connectivity index (χ2v) is 4.02. The lowest BCUT2D eigenvalue weighted by atomic mass is 10.1. The van der Waals surface area contributed by atoms with Crippen LogP contribution < -0.4 is 10.4 Å². The summed E-state index contributed by atoms with van der Waals surface area (Å²) in [5.74, 6) is 0.807. The Labute approximate surface area is 109 Å². The average molecular weight is 263 g/mol. The summed E-state index contributed by atoms with van der Waals surface area (Å²) in [5.41, 5.74) is 0.226. The normalized spacial score (nSPS) is 10.3. The summed E-state index contributed by atoms with van der Waals surface area (Å²) in [6, 6.07) is 3.22. The fourth-order valence-corrected chi connectivity index (χ4v) is 2.05. The maximum atomic E-state index is 11.9. The minimum atomic E-state index is -0.458. The van der Waals surface area contributed by atoms with Crippen molar-refractivity contribution in [3.05, 3.63) is 52.1 Å². The lowest BCUT2D eigenvalue weighted by Crippen LogP contribution is -2.03. The quantitative estimate of drug-likeness (QED) is 0.846. The maximum Gasteiger partial charge on any atom is 0.344 e. The Balaban J connectivity index is 3.00. The van der Waals surface area contributed by atoms with Crippen LogP contribution >= 0.6 is 11.6 Å². The second-order valence-electron chi connectivity index (χ2n) is 3.61. The summed E-state index contributed by atoms with van der Waals surface area (Å²) >= 11 is 6.06. The molecule has 18 heavy (non-hydrogen) atoms. The standard InChI is InChI=1S/C14H11ClO3/c1-4-8-9-6-11(15)13(17-3)7-10(9)14(16)18-12(8)5-2/h4-7H,1-2H2,3H3. The van der Waals surface area contributed by atoms with E-state index >= 15 is 0 Å². The van der Waals surface area contributed by atoms with Gasteiger partial charge in [0.05, 0.1) is 17.5 Å². The zero-order valence-corrected chi connectivity index (χ0v) is 10.6. The minimum absolute atomic E-state index is 0.378. The molecule has 0 radical (unpaired) electrons. The highest BCUT2D eigenvalue weighted by atomic mass is 35.5. The molecule has 0 N–H and O–H groups in total. The molecule has 0 saturated carbocycles. The fraction of sp³-hybridized carbons (Fsp3) is 0.0714. The second kappa shape index (κ2) is 4.70. The number of hydrogen-bond acceptors (Lipinski definition) is 3. The Morgan fingerprint density at radius 3 is 2.56 bits per heavy atom. The zero-order valence-electron chi connectivity index (χ0n) is 9.83. The Morgan fingerprint density at radius 2 is 2.00 bits per heavy atom. The molecule has 2 rings (SSSR count). The van der Waals surface area contributed by atoms with Gasteiger partial charge in [0, 0.05) is 10.9 Å². The Morgan fingerprint density at radius 1 is 1.28 bits per heavy atom. The summed E-state index contributed by atoms with van der Waals surface area (Å²) in [7, 11) is 1.49. The van der Waals surface area contributed by atoms with Gasteiger partial charge >= 0.3 is 5.63 Å². The molecule has 2 aromatic rings. The molecule has 1 heterocycles. The minimum Gasteiger partial charge on any atom is -0.495 e. The van der Waals surface area contributed by atoms with E-state index in [0.717, 1.165) is 0 Å². The molecule has 1 aromatic heterocycles. The average Bonchev–Trinajstić information content (AvgIpc) is 2.37. The first-order valence-electron chi connectivity index (χ1n) is 5.21. The van der Waals surface area contributed by atoms with Gasteiger partial charge in [0.1, 0.15) is 11.5 Å². The molecule has 0 aliphatic rings. The number of hydrogen-bond donors (Lipinski definition) is 0. The number of ether oxygens (including phenoxy) is 1. The van der Waals surface area contributed by atoms with E-state index in [-0.39, 0.29) is 0 Å². The molecule has 0 aliphatic heterocycles. The van der Waals surface area contributed by atoms with Crippen molar-refractivity contribution in [2.75, 3.05) is 7.11 Å². The van der Waals surface area contributed by atoms with E-state index < -0.39 is 5.63 Å². The molecule has 0 fully saturated rings. The summed E-state index contributed by atoms with van der Waals surface area (Å²) in [6.45, 7) is 7.31. The van der Waals surface area contributed by atoms with Gasteiger partial charge in [-0.25, -0.2) is 4.79 Å². The van der Waals surface area contributed by atoms with Crippen LogP contribution in [0, 0.1) is 0 Å². The van der Waals surface area contributed by atoms with Crippen LogP contribution in [0.15, 0.2) is 34.5 Å². The highest BCUT2D eigenvalue weighted by molar-refractivity contribution is 6.33. The zero-order chi connectivity index (χ0) is 13.3. The molecule has 0 saturated heterocycles. The van der Waals surface area contributed by atoms with Gasteiger partial charge in [0.25, 0.3) is 0 Å². The van der Waals surface area contributed by atoms with Crippen LogP contribution in [0.2, 0.25) is 5.02 Å². The summed E-state index contributed by atoms with van der Waals surface area (Å²) in [5, 5.41) is 1.49. The van der Waals surface area contributed by atoms with Crippen LogP contribution in [0.1, 0.15) is 11.3 Å². The molecule has 3 nitrogen and oxygen atoms in total. The molecule has 4 heteroatoms. The van der Waals surface area contributed by atoms with Crippen LogP contribution in [0.4, 0.5) is 0 Å². The van der Waals surface area contributed by atoms with Gasteiger partial charge in [0.2, 0.25) is 0 Å². The Bertz CT molecular complexity index is 698. The molecule has 1 aromatic carbocycles. The van der Waals surface area contributed by atoms with Gasteiger partial charge in [-0.2, -0.15) is 0 Å². The van der Waals surface area contributed by atoms with E-state index in [0.29, 0.717) is 32.9 Å². The van der Waals surface area contributed by atoms with Crippen LogP contribution in [0.3, 0.4) is 0 Å². The summed E-state index contributed by atoms with van der Waals surface area (Å²) in [4.78, 5) is 11.9. The van der Waals surface area contributed by atoms with Crippen molar-refractivity contribution in [2.24, 2.45) is 0 Å². The molecule has 0 atom stereocenters. The van der Waals surface area contributed by atoms with E-state index in [1.54, 1.807) is 18.2 Å². The van der Waals surface area contributed by atoms with E-state index in [1.165, 1.54) is 13.2 Å². The van der Waals surface area contributed by atoms with E-state index in [4.69, 9.17) is 20.8 Å². The lowest BCUT2D eigenvalue weighted by Gasteiger charge is -2.08. The van der Waals surface area contributed by atoms with E-state index in [2.05, 4.69) is 13.2 Å². The fourth-order valence-electron chi connectivity index (χ4n) is 1.81. The molecule has 0 spiro atoms. The van der Waals surface area contributed by atoms with Crippen molar-refractivity contribution in [2.45, 2.75) is 0 Å². The molecule has 0 amide bonds. The van der Waals surface area contributed by atoms with Crippen LogP contribution in [0.5, 0.6) is 5.75 Å². The Hall–Kier alpha value is -2.00. The van der Waals surface area contributed by atoms with Crippen LogP contribution in [-0.2, 0) is 0 Å². The van der Waals surface area contributed by atoms with Gasteiger partial charge in [-0.1, -0.05) is 30.8 Å². The predicted molar refractivity (Wildman–Crippen MR) is 74.2 cm³/mol. The monoisotopic (exact) mass is 262 g/mol. The van der Waals surface area contributed by atoms with E-state index in [1.807, 2.05) is 0 Å². The SMILES string of the molecule is C=Cc1oc(=O)c2cc(OC)c(Cl)cc2c1C=C. The largest absolute Gasteiger partial charge is 0.495 e. The molecule has 0 bridgehead atoms. The first kappa shape index (κ1) is 12.5. The lowest BCUT2D eigenvalue weighted by molar-refractivity contribution is 0.415. The van der Waals surface area contributed by atoms with E-state index in [9.17, 15) is 4.79 Å². The van der Waals surface area contributed by atoms with Gasteiger partial charge in [0.15, 0.2) is 0 Å². The van der Waals surface area contributed by atoms with Gasteiger partial charge in [-0.3, -0.25) is 0 Å². The van der Waals surface area contributed by atoms with Crippen molar-refractivity contribution in [1.29, 1.82) is 0 Å². The van der Waals surface area contributed by atoms with Gasteiger partial charge in [-0.05, 0) is 18.2 Å². The highest BCUT2D eigenvalue weighted by Crippen LogP contribution is 2.31. The maximum absolute atomic E-state index is 11.9. The third kappa shape index (κ3) is 1.83. The number of fused-ring (bicyclic) bond motifs is 1. The molecular weight excluding hydrogens is 252 g/mol. The first-order valence-corrected chi connectivity index (χ1v) is 5.59. The topological polar surface area (TPSA) is 39.4 Å². The van der Waals surface area contributed by atoms with Crippen molar-refractivity contribution in [1.82, 2.24) is 0 Å². The molecular formula is C14H11ClO3. The van der Waals surface area contributed by atoms with Crippen molar-refractivity contribution in [3.8, 4) is 5.75 Å². The first-order chi connectivity index (χ1) is 8.62. The summed E-state index contributed by atoms with van der Waals surface area (Å²) in [6.07, 6.45) is 3.07. The molecule has 0 aliphatic carbocycles. The number of benzene rings is 1. The highest BCUT2D eigenvalue weighted by Gasteiger charge is 2.13. The Kier molecular flexibility index (Phi) is 3.26. The number of methoxy groups -OCH3 is 1. The smallest absolute Gasteiger partial charge is 0.344 e. The molecule has 92 valence electrons. The van der Waals surface area contributed by atoms with Crippen molar-refractivity contribution >= 4 is 34.5 Å². The molecule has 0 unspecified atom stereocenters. The van der Waals surface area contributed by atoms with Gasteiger partial charge < -0.3 is 9.15 Å². The van der Waals surface area contributed by atoms with Gasteiger partial charge in [-0.15, -0.1) is 0 Å². The van der Waals surface area contributed by atoms with Crippen LogP contribution in [-0.4, -0.2) is 7.11 Å². The predicted octanol–water partition coefficient (Wildman–Crippen LogP) is 3.74.